The Morgan fingerprint density at radius 3 is 2.75 bits per heavy atom. The Balaban J connectivity index is 1.59. The average molecular weight is 277 g/mol. The van der Waals surface area contributed by atoms with Gasteiger partial charge in [-0.3, -0.25) is 4.79 Å². The van der Waals surface area contributed by atoms with Crippen molar-refractivity contribution in [3.63, 3.8) is 0 Å². The van der Waals surface area contributed by atoms with Crippen molar-refractivity contribution in [2.24, 2.45) is 5.92 Å². The second kappa shape index (κ2) is 7.05. The van der Waals surface area contributed by atoms with Crippen LogP contribution in [-0.4, -0.2) is 36.7 Å². The molecule has 5 nitrogen and oxygen atoms in total. The molecule has 1 aromatic carbocycles. The summed E-state index contributed by atoms with van der Waals surface area (Å²) < 4.78 is 4.84. The van der Waals surface area contributed by atoms with E-state index in [0.717, 1.165) is 6.42 Å². The van der Waals surface area contributed by atoms with Crippen LogP contribution >= 0.6 is 0 Å². The second-order valence-electron chi connectivity index (χ2n) is 5.01. The molecule has 0 aromatic heterocycles. The summed E-state index contributed by atoms with van der Waals surface area (Å²) in [4.78, 5) is 21.9. The van der Waals surface area contributed by atoms with E-state index in [1.807, 2.05) is 18.2 Å². The molecule has 1 aromatic rings. The molecular weight excluding hydrogens is 258 g/mol. The topological polar surface area (TPSA) is 75.6 Å². The number of amides is 1. The van der Waals surface area contributed by atoms with Crippen molar-refractivity contribution < 1.29 is 19.4 Å². The van der Waals surface area contributed by atoms with Gasteiger partial charge in [-0.15, -0.1) is 0 Å². The van der Waals surface area contributed by atoms with Gasteiger partial charge in [0.05, 0.1) is 6.61 Å². The molecule has 1 saturated carbocycles. The summed E-state index contributed by atoms with van der Waals surface area (Å²) in [6, 6.07) is 10.2. The fourth-order valence-electron chi connectivity index (χ4n) is 2.31. The van der Waals surface area contributed by atoms with E-state index in [1.54, 1.807) is 0 Å². The number of ether oxygens (including phenoxy) is 1. The van der Waals surface area contributed by atoms with E-state index in [4.69, 9.17) is 9.84 Å². The van der Waals surface area contributed by atoms with Crippen LogP contribution in [-0.2, 0) is 14.3 Å². The highest BCUT2D eigenvalue weighted by atomic mass is 16.5. The zero-order chi connectivity index (χ0) is 14.4. The van der Waals surface area contributed by atoms with E-state index in [-0.39, 0.29) is 19.1 Å². The van der Waals surface area contributed by atoms with E-state index in [9.17, 15) is 9.59 Å². The first-order chi connectivity index (χ1) is 9.66. The molecular formula is C15H19NO4. The summed E-state index contributed by atoms with van der Waals surface area (Å²) in [7, 11) is 0. The van der Waals surface area contributed by atoms with Crippen molar-refractivity contribution in [2.75, 3.05) is 19.8 Å². The van der Waals surface area contributed by atoms with Crippen LogP contribution in [0.15, 0.2) is 30.3 Å². The van der Waals surface area contributed by atoms with Crippen LogP contribution in [0.4, 0.5) is 0 Å². The molecule has 0 spiro atoms. The molecule has 1 amide bonds. The van der Waals surface area contributed by atoms with Gasteiger partial charge in [-0.25, -0.2) is 4.79 Å². The summed E-state index contributed by atoms with van der Waals surface area (Å²) >= 11 is 0. The van der Waals surface area contributed by atoms with Crippen molar-refractivity contribution in [2.45, 2.75) is 18.8 Å². The molecule has 0 unspecified atom stereocenters. The van der Waals surface area contributed by atoms with Crippen molar-refractivity contribution in [1.29, 1.82) is 0 Å². The number of hydrogen-bond donors (Lipinski definition) is 2. The molecule has 0 saturated heterocycles. The highest BCUT2D eigenvalue weighted by Gasteiger charge is 2.39. The van der Waals surface area contributed by atoms with Gasteiger partial charge >= 0.3 is 5.97 Å². The third-order valence-corrected chi connectivity index (χ3v) is 3.39. The standard InChI is InChI=1S/C15H19NO4/c17-14(16-6-7-20-10-15(18)19)9-12-8-13(12)11-4-2-1-3-5-11/h1-5,12-13H,6-10H2,(H,16,17)(H,18,19)/t12-,13-/m0/s1. The Morgan fingerprint density at radius 1 is 1.30 bits per heavy atom. The largest absolute Gasteiger partial charge is 0.480 e. The lowest BCUT2D eigenvalue weighted by molar-refractivity contribution is -0.142. The summed E-state index contributed by atoms with van der Waals surface area (Å²) in [5.74, 6) is -0.0603. The number of carboxylic acid groups (broad SMARTS) is 1. The Morgan fingerprint density at radius 2 is 2.05 bits per heavy atom. The lowest BCUT2D eigenvalue weighted by Crippen LogP contribution is -2.28. The van der Waals surface area contributed by atoms with Gasteiger partial charge in [-0.05, 0) is 23.8 Å². The van der Waals surface area contributed by atoms with Crippen LogP contribution in [0.25, 0.3) is 0 Å². The van der Waals surface area contributed by atoms with E-state index >= 15 is 0 Å². The molecule has 0 heterocycles. The predicted molar refractivity (Wildman–Crippen MR) is 73.4 cm³/mol. The minimum absolute atomic E-state index is 0.00681. The van der Waals surface area contributed by atoms with Gasteiger partial charge in [0.1, 0.15) is 6.61 Å². The maximum atomic E-state index is 11.7. The lowest BCUT2D eigenvalue weighted by atomic mass is 10.1. The highest BCUT2D eigenvalue weighted by Crippen LogP contribution is 2.49. The monoisotopic (exact) mass is 277 g/mol. The van der Waals surface area contributed by atoms with Crippen molar-refractivity contribution in [3.8, 4) is 0 Å². The van der Waals surface area contributed by atoms with E-state index in [0.29, 0.717) is 24.8 Å². The van der Waals surface area contributed by atoms with Crippen LogP contribution in [0.2, 0.25) is 0 Å². The Kier molecular flexibility index (Phi) is 5.12. The molecule has 108 valence electrons. The Labute approximate surface area is 117 Å². The first-order valence-corrected chi connectivity index (χ1v) is 6.78. The molecule has 1 fully saturated rings. The van der Waals surface area contributed by atoms with Crippen LogP contribution in [0.5, 0.6) is 0 Å². The molecule has 2 rings (SSSR count). The molecule has 0 bridgehead atoms. The van der Waals surface area contributed by atoms with Gasteiger partial charge in [0.2, 0.25) is 5.91 Å². The summed E-state index contributed by atoms with van der Waals surface area (Å²) in [5.41, 5.74) is 1.30. The Hall–Kier alpha value is -1.88. The maximum absolute atomic E-state index is 11.7. The molecule has 1 aliphatic carbocycles. The van der Waals surface area contributed by atoms with E-state index in [2.05, 4.69) is 17.4 Å². The lowest BCUT2D eigenvalue weighted by Gasteiger charge is -2.05. The molecule has 1 aliphatic rings. The van der Waals surface area contributed by atoms with Gasteiger partial charge < -0.3 is 15.2 Å². The summed E-state index contributed by atoms with van der Waals surface area (Å²) in [6.07, 6.45) is 1.59. The maximum Gasteiger partial charge on any atom is 0.329 e. The van der Waals surface area contributed by atoms with Crippen LogP contribution < -0.4 is 5.32 Å². The van der Waals surface area contributed by atoms with Gasteiger partial charge in [0, 0.05) is 13.0 Å². The van der Waals surface area contributed by atoms with Gasteiger partial charge in [-0.1, -0.05) is 30.3 Å². The van der Waals surface area contributed by atoms with E-state index in [1.165, 1.54) is 5.56 Å². The first-order valence-electron chi connectivity index (χ1n) is 6.78. The minimum atomic E-state index is -1.000. The second-order valence-corrected chi connectivity index (χ2v) is 5.01. The SMILES string of the molecule is O=C(O)COCCNC(=O)C[C@@H]1C[C@H]1c1ccccc1. The molecule has 20 heavy (non-hydrogen) atoms. The molecule has 0 radical (unpaired) electrons. The minimum Gasteiger partial charge on any atom is -0.480 e. The smallest absolute Gasteiger partial charge is 0.329 e. The average Bonchev–Trinajstić information content (AvgIpc) is 3.18. The van der Waals surface area contributed by atoms with Gasteiger partial charge in [-0.2, -0.15) is 0 Å². The van der Waals surface area contributed by atoms with E-state index < -0.39 is 5.97 Å². The van der Waals surface area contributed by atoms with Gasteiger partial charge in [0.25, 0.3) is 0 Å². The van der Waals surface area contributed by atoms with Crippen molar-refractivity contribution >= 4 is 11.9 Å². The Bertz CT molecular complexity index is 460. The van der Waals surface area contributed by atoms with Crippen LogP contribution in [0.3, 0.4) is 0 Å². The number of rotatable bonds is 8. The fraction of sp³-hybridized carbons (Fsp3) is 0.467. The van der Waals surface area contributed by atoms with Crippen LogP contribution in [0.1, 0.15) is 24.3 Å². The third kappa shape index (κ3) is 4.66. The number of carbonyl (C=O) groups excluding carboxylic acids is 1. The molecule has 2 atom stereocenters. The fourth-order valence-corrected chi connectivity index (χ4v) is 2.31. The van der Waals surface area contributed by atoms with Crippen molar-refractivity contribution in [1.82, 2.24) is 5.32 Å². The normalized spacial score (nSPS) is 20.4. The predicted octanol–water partition coefficient (Wildman–Crippen LogP) is 1.40. The quantitative estimate of drug-likeness (QED) is 0.704. The van der Waals surface area contributed by atoms with Crippen LogP contribution in [0, 0.1) is 5.92 Å². The zero-order valence-corrected chi connectivity index (χ0v) is 11.2. The number of aliphatic carboxylic acids is 1. The molecule has 0 aliphatic heterocycles. The number of benzene rings is 1. The number of nitrogens with one attached hydrogen (secondary N) is 1. The number of carboxylic acids is 1. The molecule has 5 heteroatoms. The third-order valence-electron chi connectivity index (χ3n) is 3.39. The number of carbonyl (C=O) groups is 2. The first kappa shape index (κ1) is 14.5. The van der Waals surface area contributed by atoms with Crippen molar-refractivity contribution in [3.05, 3.63) is 35.9 Å². The molecule has 2 N–H and O–H groups in total. The highest BCUT2D eigenvalue weighted by molar-refractivity contribution is 5.76. The number of hydrogen-bond acceptors (Lipinski definition) is 3. The zero-order valence-electron chi connectivity index (χ0n) is 11.2. The van der Waals surface area contributed by atoms with Gasteiger partial charge in [0.15, 0.2) is 0 Å². The summed E-state index contributed by atoms with van der Waals surface area (Å²) in [6.45, 7) is 0.258. The summed E-state index contributed by atoms with van der Waals surface area (Å²) in [5, 5.41) is 11.1.